The minimum Gasteiger partial charge on any atom is -0.329 e. The first kappa shape index (κ1) is 11.6. The van der Waals surface area contributed by atoms with Gasteiger partial charge in [-0.25, -0.2) is 4.98 Å². The second-order valence-electron chi connectivity index (χ2n) is 4.25. The molecule has 1 N–H and O–H groups in total. The number of aromatic nitrogens is 3. The van der Waals surface area contributed by atoms with E-state index in [4.69, 9.17) is 17.5 Å². The SMILES string of the molecule is Cc1ccnc2c1[nH]c(=S)n2-c1ccc(C#N)cc1. The maximum absolute atomic E-state index is 8.83. The molecular weight excluding hydrogens is 256 g/mol. The lowest BCUT2D eigenvalue weighted by molar-refractivity contribution is 1.04. The fourth-order valence-electron chi connectivity index (χ4n) is 2.05. The summed E-state index contributed by atoms with van der Waals surface area (Å²) in [4.78, 5) is 7.55. The molecule has 0 atom stereocenters. The van der Waals surface area contributed by atoms with Gasteiger partial charge in [-0.2, -0.15) is 5.26 Å². The lowest BCUT2D eigenvalue weighted by atomic mass is 10.2. The number of rotatable bonds is 1. The molecule has 0 fully saturated rings. The van der Waals surface area contributed by atoms with Gasteiger partial charge in [0.25, 0.3) is 0 Å². The second kappa shape index (κ2) is 4.34. The number of imidazole rings is 1. The van der Waals surface area contributed by atoms with Gasteiger partial charge in [-0.3, -0.25) is 4.57 Å². The topological polar surface area (TPSA) is 57.4 Å². The number of nitrogens with zero attached hydrogens (tertiary/aromatic N) is 3. The zero-order valence-electron chi connectivity index (χ0n) is 10.2. The molecule has 0 saturated carbocycles. The van der Waals surface area contributed by atoms with Gasteiger partial charge in [0.1, 0.15) is 0 Å². The molecule has 0 spiro atoms. The van der Waals surface area contributed by atoms with Crippen molar-refractivity contribution in [3.8, 4) is 11.8 Å². The average Bonchev–Trinajstić information content (AvgIpc) is 2.77. The Morgan fingerprint density at radius 1 is 1.26 bits per heavy atom. The van der Waals surface area contributed by atoms with E-state index in [1.165, 1.54) is 0 Å². The van der Waals surface area contributed by atoms with E-state index in [0.29, 0.717) is 10.3 Å². The van der Waals surface area contributed by atoms with Crippen molar-refractivity contribution in [3.05, 3.63) is 52.4 Å². The summed E-state index contributed by atoms with van der Waals surface area (Å²) < 4.78 is 2.47. The van der Waals surface area contributed by atoms with Crippen molar-refractivity contribution < 1.29 is 0 Å². The first-order valence-corrected chi connectivity index (χ1v) is 6.18. The molecule has 3 aromatic rings. The quantitative estimate of drug-likeness (QED) is 0.688. The van der Waals surface area contributed by atoms with Crippen LogP contribution in [0.3, 0.4) is 0 Å². The van der Waals surface area contributed by atoms with E-state index in [1.54, 1.807) is 18.3 Å². The molecule has 0 aliphatic rings. The van der Waals surface area contributed by atoms with Gasteiger partial charge in [0, 0.05) is 11.9 Å². The summed E-state index contributed by atoms with van der Waals surface area (Å²) in [5.41, 5.74) is 4.36. The van der Waals surface area contributed by atoms with Crippen molar-refractivity contribution >= 4 is 23.4 Å². The first-order chi connectivity index (χ1) is 9.20. The van der Waals surface area contributed by atoms with Crippen molar-refractivity contribution in [3.63, 3.8) is 0 Å². The minimum atomic E-state index is 0.599. The fourth-order valence-corrected chi connectivity index (χ4v) is 2.35. The number of benzene rings is 1. The summed E-state index contributed by atoms with van der Waals surface area (Å²) in [5, 5.41) is 8.83. The predicted octanol–water partition coefficient (Wildman–Crippen LogP) is 3.26. The van der Waals surface area contributed by atoms with Gasteiger partial charge >= 0.3 is 0 Å². The molecule has 0 amide bonds. The molecule has 0 saturated heterocycles. The smallest absolute Gasteiger partial charge is 0.184 e. The zero-order chi connectivity index (χ0) is 13.4. The monoisotopic (exact) mass is 266 g/mol. The molecule has 4 nitrogen and oxygen atoms in total. The summed E-state index contributed by atoms with van der Waals surface area (Å²) in [5.74, 6) is 0. The standard InChI is InChI=1S/C14H10N4S/c1-9-6-7-16-13-12(9)17-14(19)18(13)11-4-2-10(8-15)3-5-11/h2-7H,1H3,(H,17,19). The third-order valence-corrected chi connectivity index (χ3v) is 3.33. The Morgan fingerprint density at radius 3 is 2.68 bits per heavy atom. The summed E-state index contributed by atoms with van der Waals surface area (Å²) in [7, 11) is 0. The Hall–Kier alpha value is -2.45. The van der Waals surface area contributed by atoms with Crippen molar-refractivity contribution in [1.82, 2.24) is 14.5 Å². The van der Waals surface area contributed by atoms with Gasteiger partial charge in [0.15, 0.2) is 10.4 Å². The number of fused-ring (bicyclic) bond motifs is 1. The van der Waals surface area contributed by atoms with Crippen LogP contribution in [0.5, 0.6) is 0 Å². The maximum Gasteiger partial charge on any atom is 0.184 e. The van der Waals surface area contributed by atoms with Gasteiger partial charge in [0.05, 0.1) is 17.1 Å². The van der Waals surface area contributed by atoms with E-state index in [9.17, 15) is 0 Å². The average molecular weight is 266 g/mol. The molecule has 92 valence electrons. The van der Waals surface area contributed by atoms with Crippen molar-refractivity contribution in [2.45, 2.75) is 6.92 Å². The molecule has 0 aliphatic heterocycles. The number of H-pyrrole nitrogens is 1. The van der Waals surface area contributed by atoms with Crippen LogP contribution in [0.4, 0.5) is 0 Å². The van der Waals surface area contributed by atoms with Gasteiger partial charge < -0.3 is 4.98 Å². The van der Waals surface area contributed by atoms with Crippen LogP contribution in [0.1, 0.15) is 11.1 Å². The highest BCUT2D eigenvalue weighted by molar-refractivity contribution is 7.71. The first-order valence-electron chi connectivity index (χ1n) is 5.77. The van der Waals surface area contributed by atoms with Gasteiger partial charge in [-0.1, -0.05) is 0 Å². The molecule has 5 heteroatoms. The van der Waals surface area contributed by atoms with E-state index in [0.717, 1.165) is 22.4 Å². The maximum atomic E-state index is 8.83. The van der Waals surface area contributed by atoms with Gasteiger partial charge in [-0.15, -0.1) is 0 Å². The number of aryl methyl sites for hydroxylation is 1. The number of aromatic amines is 1. The molecule has 19 heavy (non-hydrogen) atoms. The van der Waals surface area contributed by atoms with Crippen LogP contribution in [-0.4, -0.2) is 14.5 Å². The largest absolute Gasteiger partial charge is 0.329 e. The molecule has 0 unspecified atom stereocenters. The Bertz CT molecular complexity index is 850. The number of nitrogens with one attached hydrogen (secondary N) is 1. The predicted molar refractivity (Wildman–Crippen MR) is 75.7 cm³/mol. The fraction of sp³-hybridized carbons (Fsp3) is 0.0714. The van der Waals surface area contributed by atoms with Crippen LogP contribution in [0.2, 0.25) is 0 Å². The highest BCUT2D eigenvalue weighted by Crippen LogP contribution is 2.20. The molecule has 2 heterocycles. The van der Waals surface area contributed by atoms with Crippen molar-refractivity contribution in [2.75, 3.05) is 0 Å². The number of hydrogen-bond acceptors (Lipinski definition) is 3. The van der Waals surface area contributed by atoms with Crippen LogP contribution in [0.15, 0.2) is 36.5 Å². The Balaban J connectivity index is 2.30. The van der Waals surface area contributed by atoms with Gasteiger partial charge in [0.2, 0.25) is 0 Å². The zero-order valence-corrected chi connectivity index (χ0v) is 11.0. The molecule has 0 aliphatic carbocycles. The normalized spacial score (nSPS) is 10.5. The third-order valence-electron chi connectivity index (χ3n) is 3.04. The number of pyridine rings is 1. The minimum absolute atomic E-state index is 0.599. The summed E-state index contributed by atoms with van der Waals surface area (Å²) in [6.07, 6.45) is 1.76. The van der Waals surface area contributed by atoms with E-state index in [2.05, 4.69) is 16.0 Å². The molecule has 1 aromatic carbocycles. The molecule has 3 rings (SSSR count). The lowest BCUT2D eigenvalue weighted by Gasteiger charge is -2.03. The van der Waals surface area contributed by atoms with Crippen LogP contribution in [0.25, 0.3) is 16.9 Å². The van der Waals surface area contributed by atoms with Crippen LogP contribution in [0, 0.1) is 23.0 Å². The van der Waals surface area contributed by atoms with Crippen LogP contribution in [-0.2, 0) is 0 Å². The van der Waals surface area contributed by atoms with Gasteiger partial charge in [-0.05, 0) is 55.0 Å². The van der Waals surface area contributed by atoms with Crippen molar-refractivity contribution in [1.29, 1.82) is 5.26 Å². The Morgan fingerprint density at radius 2 is 2.00 bits per heavy atom. The second-order valence-corrected chi connectivity index (χ2v) is 4.64. The van der Waals surface area contributed by atoms with Crippen molar-refractivity contribution in [2.24, 2.45) is 0 Å². The summed E-state index contributed by atoms with van der Waals surface area (Å²) in [6, 6.07) is 11.3. The highest BCUT2D eigenvalue weighted by atomic mass is 32.1. The molecular formula is C14H10N4S. The van der Waals surface area contributed by atoms with Crippen LogP contribution >= 0.6 is 12.2 Å². The molecule has 0 radical (unpaired) electrons. The third kappa shape index (κ3) is 1.83. The summed E-state index contributed by atoms with van der Waals surface area (Å²) in [6.45, 7) is 2.01. The molecule has 0 bridgehead atoms. The van der Waals surface area contributed by atoms with Crippen LogP contribution < -0.4 is 0 Å². The summed E-state index contributed by atoms with van der Waals surface area (Å²) >= 11 is 5.36. The van der Waals surface area contributed by atoms with E-state index < -0.39 is 0 Å². The Kier molecular flexibility index (Phi) is 2.65. The lowest BCUT2D eigenvalue weighted by Crippen LogP contribution is -1.95. The van der Waals surface area contributed by atoms with E-state index in [1.807, 2.05) is 29.7 Å². The Labute approximate surface area is 115 Å². The molecule has 2 aromatic heterocycles. The van der Waals surface area contributed by atoms with E-state index in [-0.39, 0.29) is 0 Å². The number of nitriles is 1. The van der Waals surface area contributed by atoms with E-state index >= 15 is 0 Å². The highest BCUT2D eigenvalue weighted by Gasteiger charge is 2.09. The number of hydrogen-bond donors (Lipinski definition) is 1.